The van der Waals surface area contributed by atoms with Gasteiger partial charge < -0.3 is 10.1 Å². The maximum atomic E-state index is 14.1. The molecule has 1 aliphatic heterocycles. The Morgan fingerprint density at radius 1 is 1.29 bits per heavy atom. The molecule has 7 nitrogen and oxygen atoms in total. The highest BCUT2D eigenvalue weighted by molar-refractivity contribution is 5.37. The molecule has 0 aromatic carbocycles. The van der Waals surface area contributed by atoms with Crippen LogP contribution in [0.5, 0.6) is 0 Å². The lowest BCUT2D eigenvalue weighted by molar-refractivity contribution is 0.0471. The van der Waals surface area contributed by atoms with E-state index in [1.165, 1.54) is 19.2 Å². The lowest BCUT2D eigenvalue weighted by Gasteiger charge is -2.14. The van der Waals surface area contributed by atoms with Crippen molar-refractivity contribution in [3.63, 3.8) is 0 Å². The van der Waals surface area contributed by atoms with Crippen LogP contribution in [-0.4, -0.2) is 37.8 Å². The van der Waals surface area contributed by atoms with Crippen molar-refractivity contribution in [2.45, 2.75) is 57.2 Å². The number of halogens is 1. The van der Waals surface area contributed by atoms with E-state index in [9.17, 15) is 4.39 Å². The average Bonchev–Trinajstić information content (AvgIpc) is 3.14. The number of H-pyrrole nitrogens is 1. The fourth-order valence-corrected chi connectivity index (χ4v) is 3.00. The number of hydrogen-bond acceptors (Lipinski definition) is 6. The first kappa shape index (κ1) is 15.4. The second kappa shape index (κ2) is 6.43. The number of hydrogen-bond donors (Lipinski definition) is 2. The van der Waals surface area contributed by atoms with Crippen LogP contribution in [0.3, 0.4) is 0 Å². The minimum Gasteiger partial charge on any atom is -0.365 e. The summed E-state index contributed by atoms with van der Waals surface area (Å²) in [6.07, 6.45) is 6.01. The molecule has 0 radical (unpaired) electrons. The van der Waals surface area contributed by atoms with Gasteiger partial charge in [0.15, 0.2) is 23.3 Å². The molecule has 2 N–H and O–H groups in total. The topological polar surface area (TPSA) is 88.6 Å². The summed E-state index contributed by atoms with van der Waals surface area (Å²) in [6, 6.07) is 0. The zero-order valence-corrected chi connectivity index (χ0v) is 13.6. The summed E-state index contributed by atoms with van der Waals surface area (Å²) in [5.41, 5.74) is 0.423. The van der Waals surface area contributed by atoms with E-state index in [4.69, 9.17) is 4.74 Å². The number of anilines is 1. The fraction of sp³-hybridized carbons (Fsp3) is 0.625. The largest absolute Gasteiger partial charge is 0.365 e. The van der Waals surface area contributed by atoms with Crippen LogP contribution in [0.2, 0.25) is 0 Å². The van der Waals surface area contributed by atoms with Crippen molar-refractivity contribution in [1.29, 1.82) is 0 Å². The molecule has 4 rings (SSSR count). The third-order valence-electron chi connectivity index (χ3n) is 4.57. The summed E-state index contributed by atoms with van der Waals surface area (Å²) in [7, 11) is 0. The second-order valence-corrected chi connectivity index (χ2v) is 6.39. The molecule has 0 spiro atoms. The minimum absolute atomic E-state index is 0.00363. The Balaban J connectivity index is 1.33. The van der Waals surface area contributed by atoms with E-state index in [0.29, 0.717) is 24.6 Å². The first-order valence-corrected chi connectivity index (χ1v) is 8.55. The monoisotopic (exact) mass is 332 g/mol. The smallest absolute Gasteiger partial charge is 0.186 e. The van der Waals surface area contributed by atoms with Crippen molar-refractivity contribution < 1.29 is 9.13 Å². The van der Waals surface area contributed by atoms with Crippen LogP contribution in [-0.2, 0) is 11.2 Å². The van der Waals surface area contributed by atoms with Crippen molar-refractivity contribution in [3.8, 4) is 0 Å². The van der Waals surface area contributed by atoms with Gasteiger partial charge in [0.25, 0.3) is 0 Å². The van der Waals surface area contributed by atoms with E-state index in [1.54, 1.807) is 0 Å². The first-order chi connectivity index (χ1) is 11.7. The molecule has 0 bridgehead atoms. The normalized spacial score (nSPS) is 23.6. The van der Waals surface area contributed by atoms with Crippen LogP contribution in [0.15, 0.2) is 6.33 Å². The number of nitrogens with one attached hydrogen (secondary N) is 2. The van der Waals surface area contributed by atoms with Gasteiger partial charge in [-0.15, -0.1) is 0 Å². The Hall–Kier alpha value is -2.09. The van der Waals surface area contributed by atoms with Crippen LogP contribution < -0.4 is 5.32 Å². The van der Waals surface area contributed by atoms with Gasteiger partial charge in [0.2, 0.25) is 0 Å². The highest BCUT2D eigenvalue weighted by Crippen LogP contribution is 2.39. The van der Waals surface area contributed by atoms with Crippen LogP contribution in [0.1, 0.15) is 62.0 Å². The van der Waals surface area contributed by atoms with Crippen molar-refractivity contribution in [2.24, 2.45) is 0 Å². The van der Waals surface area contributed by atoms with Crippen molar-refractivity contribution in [2.75, 3.05) is 11.9 Å². The number of aryl methyl sites for hydroxylation is 1. The van der Waals surface area contributed by atoms with Crippen LogP contribution in [0.25, 0.3) is 0 Å². The molecular formula is C16H21FN6O. The summed E-state index contributed by atoms with van der Waals surface area (Å²) in [5, 5.41) is 10.3. The van der Waals surface area contributed by atoms with Crippen LogP contribution in [0, 0.1) is 5.82 Å². The van der Waals surface area contributed by atoms with Crippen molar-refractivity contribution in [3.05, 3.63) is 29.5 Å². The molecule has 0 unspecified atom stereocenters. The number of aromatic nitrogens is 5. The molecule has 0 amide bonds. The fourth-order valence-electron chi connectivity index (χ4n) is 3.00. The number of ether oxygens (including phenoxy) is 1. The maximum absolute atomic E-state index is 14.1. The molecule has 8 heteroatoms. The lowest BCUT2D eigenvalue weighted by Crippen LogP contribution is -2.20. The van der Waals surface area contributed by atoms with E-state index in [1.807, 2.05) is 6.92 Å². The van der Waals surface area contributed by atoms with E-state index in [2.05, 4.69) is 30.5 Å². The Morgan fingerprint density at radius 3 is 2.96 bits per heavy atom. The number of rotatable bonds is 6. The zero-order chi connectivity index (χ0) is 16.5. The van der Waals surface area contributed by atoms with Crippen molar-refractivity contribution in [1.82, 2.24) is 25.1 Å². The molecule has 1 saturated heterocycles. The maximum Gasteiger partial charge on any atom is 0.186 e. The third kappa shape index (κ3) is 3.10. The predicted octanol–water partition coefficient (Wildman–Crippen LogP) is 2.51. The minimum atomic E-state index is -0.376. The van der Waals surface area contributed by atoms with Gasteiger partial charge in [0, 0.05) is 12.5 Å². The van der Waals surface area contributed by atoms with Gasteiger partial charge in [-0.2, -0.15) is 5.10 Å². The first-order valence-electron chi connectivity index (χ1n) is 8.55. The molecule has 2 aromatic heterocycles. The highest BCUT2D eigenvalue weighted by Gasteiger charge is 2.32. The summed E-state index contributed by atoms with van der Waals surface area (Å²) < 4.78 is 20.1. The predicted molar refractivity (Wildman–Crippen MR) is 85.1 cm³/mol. The average molecular weight is 332 g/mol. The Morgan fingerprint density at radius 2 is 2.17 bits per heavy atom. The SMILES string of the molecule is CCc1ncnc(NC[C@H]2CC[C@@H](c3nc(C4CC4)n[nH]3)O2)c1F. The van der Waals surface area contributed by atoms with Gasteiger partial charge in [-0.1, -0.05) is 6.92 Å². The molecule has 1 aliphatic carbocycles. The van der Waals surface area contributed by atoms with Gasteiger partial charge in [-0.3, -0.25) is 5.10 Å². The summed E-state index contributed by atoms with van der Waals surface area (Å²) in [6.45, 7) is 2.38. The quantitative estimate of drug-likeness (QED) is 0.845. The molecule has 2 fully saturated rings. The number of aromatic amines is 1. The molecular weight excluding hydrogens is 311 g/mol. The highest BCUT2D eigenvalue weighted by atomic mass is 19.1. The standard InChI is InChI=1S/C16H21FN6O/c1-2-11-13(17)16(20-8-19-11)18-7-10-5-6-12(24-10)15-21-14(22-23-15)9-3-4-9/h8-10,12H,2-7H2,1H3,(H,18,19,20)(H,21,22,23)/t10-,12+/m1/s1. The molecule has 3 heterocycles. The summed E-state index contributed by atoms with van der Waals surface area (Å²) in [5.74, 6) is 2.11. The molecule has 2 aliphatic rings. The Bertz CT molecular complexity index is 716. The molecule has 128 valence electrons. The van der Waals surface area contributed by atoms with Gasteiger partial charge >= 0.3 is 0 Å². The Kier molecular flexibility index (Phi) is 4.13. The van der Waals surface area contributed by atoms with E-state index in [0.717, 1.165) is 24.5 Å². The van der Waals surface area contributed by atoms with Crippen molar-refractivity contribution >= 4 is 5.82 Å². The zero-order valence-electron chi connectivity index (χ0n) is 13.6. The molecule has 1 saturated carbocycles. The van der Waals surface area contributed by atoms with Crippen LogP contribution >= 0.6 is 0 Å². The molecule has 2 atom stereocenters. The van der Waals surface area contributed by atoms with Gasteiger partial charge in [0.1, 0.15) is 12.4 Å². The van der Waals surface area contributed by atoms with Crippen LogP contribution in [0.4, 0.5) is 10.2 Å². The van der Waals surface area contributed by atoms with E-state index >= 15 is 0 Å². The molecule has 2 aromatic rings. The summed E-state index contributed by atoms with van der Waals surface area (Å²) >= 11 is 0. The third-order valence-corrected chi connectivity index (χ3v) is 4.57. The second-order valence-electron chi connectivity index (χ2n) is 6.39. The van der Waals surface area contributed by atoms with E-state index < -0.39 is 0 Å². The van der Waals surface area contributed by atoms with Gasteiger partial charge in [0.05, 0.1) is 11.8 Å². The molecule has 24 heavy (non-hydrogen) atoms. The van der Waals surface area contributed by atoms with E-state index in [-0.39, 0.29) is 23.8 Å². The van der Waals surface area contributed by atoms with Gasteiger partial charge in [-0.05, 0) is 32.1 Å². The Labute approximate surface area is 139 Å². The lowest BCUT2D eigenvalue weighted by atomic mass is 10.2. The number of nitrogens with zero attached hydrogens (tertiary/aromatic N) is 4. The van der Waals surface area contributed by atoms with Gasteiger partial charge in [-0.25, -0.2) is 19.3 Å². The summed E-state index contributed by atoms with van der Waals surface area (Å²) in [4.78, 5) is 12.5.